The maximum atomic E-state index is 12.4. The van der Waals surface area contributed by atoms with Gasteiger partial charge in [-0.1, -0.05) is 53.5 Å². The first kappa shape index (κ1) is 22.5. The van der Waals surface area contributed by atoms with E-state index in [9.17, 15) is 8.42 Å². The first-order valence-electron chi connectivity index (χ1n) is 8.70. The topological polar surface area (TPSA) is 49.4 Å². The van der Waals surface area contributed by atoms with Gasteiger partial charge < -0.3 is 0 Å². The van der Waals surface area contributed by atoms with Gasteiger partial charge in [-0.15, -0.1) is 12.4 Å². The minimum absolute atomic E-state index is 0. The van der Waals surface area contributed by atoms with Crippen LogP contribution >= 0.6 is 35.6 Å². The normalized spacial score (nSPS) is 14.4. The van der Waals surface area contributed by atoms with Gasteiger partial charge in [0.1, 0.15) is 4.90 Å². The molecule has 0 aliphatic carbocycles. The number of hydrogen-bond acceptors (Lipinski definition) is 3. The Morgan fingerprint density at radius 1 is 0.963 bits per heavy atom. The Kier molecular flexibility index (Phi) is 8.40. The smallest absolute Gasteiger partial charge is 0.243 e. The maximum absolute atomic E-state index is 12.4. The van der Waals surface area contributed by atoms with Crippen molar-refractivity contribution in [1.29, 1.82) is 0 Å². The van der Waals surface area contributed by atoms with Crippen LogP contribution in [0, 0.1) is 0 Å². The predicted octanol–water partition coefficient (Wildman–Crippen LogP) is 4.53. The lowest BCUT2D eigenvalue weighted by molar-refractivity contribution is 0.249. The van der Waals surface area contributed by atoms with Crippen molar-refractivity contribution < 1.29 is 8.42 Å². The molecular formula is C19H23Cl3N2O2S. The molecule has 3 rings (SSSR count). The van der Waals surface area contributed by atoms with Gasteiger partial charge in [-0.3, -0.25) is 4.90 Å². The van der Waals surface area contributed by atoms with Crippen LogP contribution < -0.4 is 4.72 Å². The van der Waals surface area contributed by atoms with Crippen LogP contribution in [0.2, 0.25) is 10.0 Å². The summed E-state index contributed by atoms with van der Waals surface area (Å²) in [5.74, 6) is 0. The largest absolute Gasteiger partial charge is 0.299 e. The molecule has 0 fully saturated rings. The highest BCUT2D eigenvalue weighted by Crippen LogP contribution is 2.28. The van der Waals surface area contributed by atoms with Crippen LogP contribution in [-0.4, -0.2) is 33.0 Å². The van der Waals surface area contributed by atoms with Gasteiger partial charge in [-0.25, -0.2) is 13.1 Å². The van der Waals surface area contributed by atoms with Crippen molar-refractivity contribution in [2.45, 2.75) is 30.7 Å². The fourth-order valence-corrected chi connectivity index (χ4v) is 5.44. The molecule has 0 saturated heterocycles. The third-order valence-electron chi connectivity index (χ3n) is 4.59. The second kappa shape index (κ2) is 10.1. The highest BCUT2D eigenvalue weighted by Gasteiger charge is 2.21. The van der Waals surface area contributed by atoms with Crippen molar-refractivity contribution >= 4 is 45.6 Å². The Bertz CT molecular complexity index is 855. The summed E-state index contributed by atoms with van der Waals surface area (Å²) in [6.45, 7) is 3.35. The second-order valence-corrected chi connectivity index (χ2v) is 8.97. The van der Waals surface area contributed by atoms with Crippen LogP contribution in [0.5, 0.6) is 0 Å². The molecule has 2 aromatic rings. The van der Waals surface area contributed by atoms with Crippen molar-refractivity contribution in [3.05, 3.63) is 63.6 Å². The molecule has 1 N–H and O–H groups in total. The molecule has 1 aliphatic rings. The average Bonchev–Trinajstić information content (AvgIpc) is 2.61. The Hall–Kier alpha value is -0.820. The van der Waals surface area contributed by atoms with Crippen LogP contribution in [-0.2, 0) is 23.0 Å². The SMILES string of the molecule is Cl.O=S(=O)(NCCCCN1CCc2ccccc2C1)c1c(Cl)cccc1Cl. The maximum Gasteiger partial charge on any atom is 0.243 e. The minimum atomic E-state index is -3.69. The Morgan fingerprint density at radius 3 is 2.33 bits per heavy atom. The summed E-state index contributed by atoms with van der Waals surface area (Å²) in [6, 6.07) is 13.2. The third kappa shape index (κ3) is 5.83. The zero-order chi connectivity index (χ0) is 18.6. The summed E-state index contributed by atoms with van der Waals surface area (Å²) in [6.07, 6.45) is 2.77. The molecule has 0 aromatic heterocycles. The standard InChI is InChI=1S/C19H22Cl2N2O2S.ClH/c20-17-8-5-9-18(21)19(17)26(24,25)22-11-3-4-12-23-13-10-15-6-1-2-7-16(15)14-23;/h1-2,5-9,22H,3-4,10-14H2;1H. The highest BCUT2D eigenvalue weighted by atomic mass is 35.5. The van der Waals surface area contributed by atoms with E-state index in [-0.39, 0.29) is 27.3 Å². The van der Waals surface area contributed by atoms with Crippen molar-refractivity contribution in [3.63, 3.8) is 0 Å². The van der Waals surface area contributed by atoms with Gasteiger partial charge in [-0.05, 0) is 49.1 Å². The lowest BCUT2D eigenvalue weighted by Gasteiger charge is -2.28. The molecule has 0 bridgehead atoms. The lowest BCUT2D eigenvalue weighted by atomic mass is 10.00. The first-order valence-corrected chi connectivity index (χ1v) is 10.9. The summed E-state index contributed by atoms with van der Waals surface area (Å²) < 4.78 is 27.4. The van der Waals surface area contributed by atoms with Crippen molar-refractivity contribution in [2.24, 2.45) is 0 Å². The number of nitrogens with one attached hydrogen (secondary N) is 1. The molecule has 4 nitrogen and oxygen atoms in total. The van der Waals surface area contributed by atoms with Crippen LogP contribution in [0.4, 0.5) is 0 Å². The summed E-state index contributed by atoms with van der Waals surface area (Å²) in [7, 11) is -3.69. The first-order chi connectivity index (χ1) is 12.5. The molecule has 0 atom stereocenters. The molecular weight excluding hydrogens is 427 g/mol. The van der Waals surface area contributed by atoms with Gasteiger partial charge >= 0.3 is 0 Å². The number of benzene rings is 2. The van der Waals surface area contributed by atoms with E-state index in [0.717, 1.165) is 38.9 Å². The fourth-order valence-electron chi connectivity index (χ4n) is 3.22. The van der Waals surface area contributed by atoms with Crippen LogP contribution in [0.3, 0.4) is 0 Å². The summed E-state index contributed by atoms with van der Waals surface area (Å²) in [5.41, 5.74) is 2.83. The summed E-state index contributed by atoms with van der Waals surface area (Å²) in [4.78, 5) is 2.37. The van der Waals surface area contributed by atoms with Gasteiger partial charge in [-0.2, -0.15) is 0 Å². The average molecular weight is 450 g/mol. The van der Waals surface area contributed by atoms with E-state index in [0.29, 0.717) is 6.54 Å². The molecule has 0 amide bonds. The van der Waals surface area contributed by atoms with Gasteiger partial charge in [0.15, 0.2) is 0 Å². The Labute approximate surface area is 177 Å². The van der Waals surface area contributed by atoms with Gasteiger partial charge in [0.25, 0.3) is 0 Å². The number of hydrogen-bond donors (Lipinski definition) is 1. The van der Waals surface area contributed by atoms with E-state index in [1.54, 1.807) is 6.07 Å². The number of unbranched alkanes of at least 4 members (excludes halogenated alkanes) is 1. The van der Waals surface area contributed by atoms with Gasteiger partial charge in [0, 0.05) is 19.6 Å². The molecule has 148 valence electrons. The van der Waals surface area contributed by atoms with Crippen molar-refractivity contribution in [3.8, 4) is 0 Å². The quantitative estimate of drug-likeness (QED) is 0.632. The number of sulfonamides is 1. The molecule has 1 heterocycles. The Morgan fingerprint density at radius 2 is 1.63 bits per heavy atom. The zero-order valence-corrected chi connectivity index (χ0v) is 18.0. The molecule has 1 aliphatic heterocycles. The summed E-state index contributed by atoms with van der Waals surface area (Å²) >= 11 is 12.0. The minimum Gasteiger partial charge on any atom is -0.299 e. The Balaban J connectivity index is 0.00000261. The number of nitrogens with zero attached hydrogens (tertiary/aromatic N) is 1. The highest BCUT2D eigenvalue weighted by molar-refractivity contribution is 7.89. The second-order valence-electron chi connectivity index (χ2n) is 6.45. The van der Waals surface area contributed by atoms with E-state index >= 15 is 0 Å². The molecule has 0 unspecified atom stereocenters. The number of halogens is 3. The van der Waals surface area contributed by atoms with E-state index < -0.39 is 10.0 Å². The third-order valence-corrected chi connectivity index (χ3v) is 7.01. The number of fused-ring (bicyclic) bond motifs is 1. The molecule has 0 radical (unpaired) electrons. The molecule has 2 aromatic carbocycles. The zero-order valence-electron chi connectivity index (χ0n) is 14.8. The molecule has 8 heteroatoms. The van der Waals surface area contributed by atoms with Gasteiger partial charge in [0.2, 0.25) is 10.0 Å². The van der Waals surface area contributed by atoms with Crippen molar-refractivity contribution in [1.82, 2.24) is 9.62 Å². The van der Waals surface area contributed by atoms with Gasteiger partial charge in [0.05, 0.1) is 10.0 Å². The van der Waals surface area contributed by atoms with Crippen molar-refractivity contribution in [2.75, 3.05) is 19.6 Å². The predicted molar refractivity (Wildman–Crippen MR) is 114 cm³/mol. The van der Waals surface area contributed by atoms with Crippen LogP contribution in [0.15, 0.2) is 47.4 Å². The van der Waals surface area contributed by atoms with Crippen LogP contribution in [0.25, 0.3) is 0 Å². The molecule has 0 spiro atoms. The van der Waals surface area contributed by atoms with E-state index in [1.165, 1.54) is 23.3 Å². The van der Waals surface area contributed by atoms with E-state index in [4.69, 9.17) is 23.2 Å². The molecule has 27 heavy (non-hydrogen) atoms. The van der Waals surface area contributed by atoms with Crippen LogP contribution in [0.1, 0.15) is 24.0 Å². The lowest BCUT2D eigenvalue weighted by Crippen LogP contribution is -2.32. The van der Waals surface area contributed by atoms with E-state index in [1.807, 2.05) is 0 Å². The summed E-state index contributed by atoms with van der Waals surface area (Å²) in [5, 5.41) is 0.272. The number of rotatable bonds is 7. The fraction of sp³-hybridized carbons (Fsp3) is 0.368. The molecule has 0 saturated carbocycles. The monoisotopic (exact) mass is 448 g/mol. The van der Waals surface area contributed by atoms with E-state index in [2.05, 4.69) is 33.9 Å².